The molecule has 0 aromatic heterocycles. The molecule has 1 spiro atoms. The van der Waals surface area contributed by atoms with E-state index in [2.05, 4.69) is 5.32 Å². The van der Waals surface area contributed by atoms with Crippen LogP contribution in [0.5, 0.6) is 0 Å². The largest absolute Gasteiger partial charge is 0.396 e. The molecule has 2 heterocycles. The zero-order valence-electron chi connectivity index (χ0n) is 16.2. The summed E-state index contributed by atoms with van der Waals surface area (Å²) < 4.78 is 29.2. The molecule has 0 saturated carbocycles. The Morgan fingerprint density at radius 1 is 1.03 bits per heavy atom. The summed E-state index contributed by atoms with van der Waals surface area (Å²) in [7, 11) is -3.97. The highest BCUT2D eigenvalue weighted by Gasteiger charge is 2.60. The second-order valence-electron chi connectivity index (χ2n) is 7.86. The van der Waals surface area contributed by atoms with E-state index in [0.29, 0.717) is 19.4 Å². The molecule has 0 unspecified atom stereocenters. The number of amides is 1. The first-order valence-electron chi connectivity index (χ1n) is 10.0. The van der Waals surface area contributed by atoms with E-state index in [-0.39, 0.29) is 23.3 Å². The van der Waals surface area contributed by atoms with Crippen LogP contribution in [-0.2, 0) is 14.8 Å². The van der Waals surface area contributed by atoms with Crippen molar-refractivity contribution >= 4 is 15.9 Å². The van der Waals surface area contributed by atoms with Crippen molar-refractivity contribution in [2.75, 3.05) is 13.2 Å². The third-order valence-electron chi connectivity index (χ3n) is 6.12. The van der Waals surface area contributed by atoms with Crippen molar-refractivity contribution in [1.29, 1.82) is 0 Å². The molecule has 0 radical (unpaired) electrons. The Hall–Kier alpha value is -2.22. The monoisotopic (exact) mass is 414 g/mol. The third kappa shape index (κ3) is 3.37. The van der Waals surface area contributed by atoms with Gasteiger partial charge in [0, 0.05) is 19.1 Å². The van der Waals surface area contributed by atoms with Gasteiger partial charge in [-0.15, -0.1) is 0 Å². The molecule has 4 rings (SSSR count). The lowest BCUT2D eigenvalue weighted by atomic mass is 9.86. The van der Waals surface area contributed by atoms with Crippen LogP contribution in [0.2, 0.25) is 0 Å². The van der Waals surface area contributed by atoms with Crippen molar-refractivity contribution in [2.45, 2.75) is 42.2 Å². The number of carbonyl (C=O) groups excluding carboxylic acids is 1. The summed E-state index contributed by atoms with van der Waals surface area (Å²) in [6, 6.07) is 17.0. The summed E-state index contributed by atoms with van der Waals surface area (Å²) >= 11 is 0. The zero-order chi connectivity index (χ0) is 20.5. The smallest absolute Gasteiger partial charge is 0.244 e. The Morgan fingerprint density at radius 2 is 1.69 bits per heavy atom. The van der Waals surface area contributed by atoms with Crippen LogP contribution < -0.4 is 5.32 Å². The van der Waals surface area contributed by atoms with E-state index >= 15 is 0 Å². The summed E-state index contributed by atoms with van der Waals surface area (Å²) in [5.74, 6) is -0.619. The summed E-state index contributed by atoms with van der Waals surface area (Å²) in [4.78, 5) is 13.4. The lowest BCUT2D eigenvalue weighted by molar-refractivity contribution is -0.129. The molecule has 1 amide bonds. The predicted octanol–water partition coefficient (Wildman–Crippen LogP) is 2.47. The van der Waals surface area contributed by atoms with Gasteiger partial charge in [0.25, 0.3) is 0 Å². The van der Waals surface area contributed by atoms with Gasteiger partial charge in [-0.2, -0.15) is 4.31 Å². The SMILES string of the molecule is O=C1NCCCC[C@]12C[C@H](CO)[C@H](c1ccccc1)N2S(=O)(=O)c1ccccc1. The second-order valence-corrected chi connectivity index (χ2v) is 9.68. The van der Waals surface area contributed by atoms with Crippen LogP contribution in [0.25, 0.3) is 0 Å². The van der Waals surface area contributed by atoms with E-state index in [9.17, 15) is 18.3 Å². The highest BCUT2D eigenvalue weighted by atomic mass is 32.2. The van der Waals surface area contributed by atoms with Crippen molar-refractivity contribution in [3.8, 4) is 0 Å². The number of benzene rings is 2. The fraction of sp³-hybridized carbons (Fsp3) is 0.409. The van der Waals surface area contributed by atoms with E-state index in [4.69, 9.17) is 0 Å². The average molecular weight is 415 g/mol. The van der Waals surface area contributed by atoms with Gasteiger partial charge in [0.2, 0.25) is 15.9 Å². The fourth-order valence-corrected chi connectivity index (χ4v) is 6.86. The molecule has 6 nitrogen and oxygen atoms in total. The van der Waals surface area contributed by atoms with Crippen molar-refractivity contribution in [3.05, 3.63) is 66.2 Å². The standard InChI is InChI=1S/C22H26N2O4S/c25-16-18-15-22(13-7-8-14-23-21(22)26)24(20(18)17-9-3-1-4-10-17)29(27,28)19-11-5-2-6-12-19/h1-6,9-12,18,20,25H,7-8,13-16H2,(H,23,26)/t18-,20+,22+/m1/s1. The van der Waals surface area contributed by atoms with E-state index in [1.54, 1.807) is 30.3 Å². The average Bonchev–Trinajstić information content (AvgIpc) is 3.00. The summed E-state index contributed by atoms with van der Waals surface area (Å²) in [6.45, 7) is 0.356. The Bertz CT molecular complexity index is 965. The molecule has 7 heteroatoms. The minimum absolute atomic E-state index is 0.163. The van der Waals surface area contributed by atoms with Crippen LogP contribution in [0, 0.1) is 5.92 Å². The first kappa shape index (κ1) is 20.1. The molecule has 29 heavy (non-hydrogen) atoms. The first-order valence-corrected chi connectivity index (χ1v) is 11.5. The Morgan fingerprint density at radius 3 is 2.34 bits per heavy atom. The molecule has 2 N–H and O–H groups in total. The number of hydrogen-bond acceptors (Lipinski definition) is 4. The number of nitrogens with one attached hydrogen (secondary N) is 1. The van der Waals surface area contributed by atoms with E-state index in [0.717, 1.165) is 18.4 Å². The minimum atomic E-state index is -3.97. The minimum Gasteiger partial charge on any atom is -0.396 e. The topological polar surface area (TPSA) is 86.7 Å². The maximum absolute atomic E-state index is 13.9. The van der Waals surface area contributed by atoms with Crippen molar-refractivity contribution in [1.82, 2.24) is 9.62 Å². The molecular weight excluding hydrogens is 388 g/mol. The van der Waals surface area contributed by atoms with Crippen LogP contribution in [0.1, 0.15) is 37.3 Å². The fourth-order valence-electron chi connectivity index (χ4n) is 4.83. The molecule has 2 fully saturated rings. The normalized spacial score (nSPS) is 28.2. The quantitative estimate of drug-likeness (QED) is 0.805. The molecule has 2 aliphatic heterocycles. The predicted molar refractivity (Wildman–Crippen MR) is 109 cm³/mol. The van der Waals surface area contributed by atoms with Gasteiger partial charge in [-0.25, -0.2) is 8.42 Å². The van der Waals surface area contributed by atoms with Crippen LogP contribution in [-0.4, -0.2) is 42.4 Å². The van der Waals surface area contributed by atoms with Gasteiger partial charge in [-0.3, -0.25) is 4.79 Å². The molecular formula is C22H26N2O4S. The van der Waals surface area contributed by atoms with Crippen molar-refractivity contribution < 1.29 is 18.3 Å². The molecule has 2 aromatic rings. The van der Waals surface area contributed by atoms with Crippen LogP contribution >= 0.6 is 0 Å². The molecule has 0 aliphatic carbocycles. The van der Waals surface area contributed by atoms with Gasteiger partial charge in [0.05, 0.1) is 10.9 Å². The van der Waals surface area contributed by atoms with E-state index in [1.165, 1.54) is 4.31 Å². The summed E-state index contributed by atoms with van der Waals surface area (Å²) in [6.07, 6.45) is 2.32. The van der Waals surface area contributed by atoms with Gasteiger partial charge in [0.1, 0.15) is 5.54 Å². The lowest BCUT2D eigenvalue weighted by Gasteiger charge is -2.38. The third-order valence-corrected chi connectivity index (χ3v) is 8.08. The van der Waals surface area contributed by atoms with Gasteiger partial charge >= 0.3 is 0 Å². The molecule has 2 aromatic carbocycles. The zero-order valence-corrected chi connectivity index (χ0v) is 17.0. The maximum atomic E-state index is 13.9. The maximum Gasteiger partial charge on any atom is 0.244 e. The van der Waals surface area contributed by atoms with Crippen LogP contribution in [0.15, 0.2) is 65.6 Å². The number of carbonyl (C=O) groups is 1. The Kier molecular flexibility index (Phi) is 5.46. The van der Waals surface area contributed by atoms with E-state index < -0.39 is 21.6 Å². The molecule has 0 bridgehead atoms. The highest BCUT2D eigenvalue weighted by molar-refractivity contribution is 7.89. The lowest BCUT2D eigenvalue weighted by Crippen LogP contribution is -2.56. The van der Waals surface area contributed by atoms with Gasteiger partial charge in [0.15, 0.2) is 0 Å². The van der Waals surface area contributed by atoms with Crippen molar-refractivity contribution in [3.63, 3.8) is 0 Å². The van der Waals surface area contributed by atoms with Crippen LogP contribution in [0.3, 0.4) is 0 Å². The summed E-state index contributed by atoms with van der Waals surface area (Å²) in [5, 5.41) is 13.1. The number of nitrogens with zero attached hydrogens (tertiary/aromatic N) is 1. The number of rotatable bonds is 4. The van der Waals surface area contributed by atoms with Gasteiger partial charge in [-0.1, -0.05) is 48.5 Å². The number of aliphatic hydroxyl groups excluding tert-OH is 1. The van der Waals surface area contributed by atoms with Gasteiger partial charge in [-0.05, 0) is 43.4 Å². The Balaban J connectivity index is 1.93. The highest BCUT2D eigenvalue weighted by Crippen LogP contribution is 2.52. The Labute approximate surface area is 171 Å². The molecule has 2 saturated heterocycles. The molecule has 2 aliphatic rings. The summed E-state index contributed by atoms with van der Waals surface area (Å²) in [5.41, 5.74) is -0.404. The van der Waals surface area contributed by atoms with Crippen LogP contribution in [0.4, 0.5) is 0 Å². The van der Waals surface area contributed by atoms with Gasteiger partial charge < -0.3 is 10.4 Å². The van der Waals surface area contributed by atoms with Crippen molar-refractivity contribution in [2.24, 2.45) is 5.92 Å². The second kappa shape index (κ2) is 7.89. The number of sulfonamides is 1. The first-order chi connectivity index (χ1) is 14.0. The number of hydrogen-bond donors (Lipinski definition) is 2. The molecule has 3 atom stereocenters. The number of aliphatic hydroxyl groups is 1. The molecule has 154 valence electrons. The van der Waals surface area contributed by atoms with E-state index in [1.807, 2.05) is 30.3 Å².